The summed E-state index contributed by atoms with van der Waals surface area (Å²) in [5.74, 6) is -0.642. The summed E-state index contributed by atoms with van der Waals surface area (Å²) in [5, 5.41) is 2.36. The molecule has 0 spiro atoms. The molecule has 1 aromatic rings. The van der Waals surface area contributed by atoms with Crippen molar-refractivity contribution in [1.29, 1.82) is 0 Å². The molecule has 1 N–H and O–H groups in total. The minimum absolute atomic E-state index is 0. The fraction of sp³-hybridized carbons (Fsp3) is 0.385. The average Bonchev–Trinajstić information content (AvgIpc) is 2.44. The molecule has 0 aliphatic heterocycles. The van der Waals surface area contributed by atoms with E-state index in [1.165, 1.54) is 6.92 Å². The first-order valence-electron chi connectivity index (χ1n) is 6.25. The number of rotatable bonds is 7. The zero-order valence-corrected chi connectivity index (χ0v) is 15.3. The summed E-state index contributed by atoms with van der Waals surface area (Å²) in [4.78, 5) is 23.0. The predicted octanol–water partition coefficient (Wildman–Crippen LogP) is -1.81. The van der Waals surface area contributed by atoms with Gasteiger partial charge in [0.15, 0.2) is 0 Å². The maximum atomic E-state index is 11.7. The SMILES string of the molecule is CC(OC(=O)NCCCS(=O)[O-])OC(=O)c1ccccc1.[Na+]. The van der Waals surface area contributed by atoms with Gasteiger partial charge >= 0.3 is 41.6 Å². The van der Waals surface area contributed by atoms with Crippen LogP contribution >= 0.6 is 0 Å². The van der Waals surface area contributed by atoms with Gasteiger partial charge in [0.2, 0.25) is 6.29 Å². The zero-order chi connectivity index (χ0) is 15.7. The Morgan fingerprint density at radius 1 is 1.27 bits per heavy atom. The van der Waals surface area contributed by atoms with Gasteiger partial charge in [0, 0.05) is 19.2 Å². The van der Waals surface area contributed by atoms with Crippen LogP contribution in [-0.4, -0.2) is 39.4 Å². The maximum Gasteiger partial charge on any atom is 1.00 e. The number of hydrogen-bond donors (Lipinski definition) is 1. The largest absolute Gasteiger partial charge is 1.00 e. The van der Waals surface area contributed by atoms with Gasteiger partial charge in [-0.2, -0.15) is 0 Å². The van der Waals surface area contributed by atoms with Crippen molar-refractivity contribution < 1.29 is 57.4 Å². The number of esters is 1. The molecule has 0 aliphatic rings. The fourth-order valence-electron chi connectivity index (χ4n) is 1.39. The number of carbonyl (C=O) groups is 2. The normalized spacial score (nSPS) is 12.5. The molecule has 0 aliphatic carbocycles. The number of ether oxygens (including phenoxy) is 2. The number of carbonyl (C=O) groups excluding carboxylic acids is 2. The maximum absolute atomic E-state index is 11.7. The molecule has 1 amide bonds. The summed E-state index contributed by atoms with van der Waals surface area (Å²) in [6, 6.07) is 8.30. The molecular formula is C13H16NNaO6S. The zero-order valence-electron chi connectivity index (χ0n) is 12.4. The Hall–Kier alpha value is -0.930. The molecular weight excluding hydrogens is 321 g/mol. The van der Waals surface area contributed by atoms with Gasteiger partial charge in [0.1, 0.15) is 0 Å². The number of nitrogens with one attached hydrogen (secondary N) is 1. The third kappa shape index (κ3) is 9.16. The van der Waals surface area contributed by atoms with Gasteiger partial charge in [0.05, 0.1) is 5.56 Å². The molecule has 0 radical (unpaired) electrons. The number of alkyl carbamates (subject to hydrolysis) is 1. The summed E-state index contributed by atoms with van der Waals surface area (Å²) in [7, 11) is 0. The molecule has 2 unspecified atom stereocenters. The first-order chi connectivity index (χ1) is 9.99. The van der Waals surface area contributed by atoms with Crippen LogP contribution in [0.5, 0.6) is 0 Å². The van der Waals surface area contributed by atoms with Gasteiger partial charge in [-0.3, -0.25) is 4.21 Å². The second-order valence-electron chi connectivity index (χ2n) is 4.03. The number of hydrogen-bond acceptors (Lipinski definition) is 6. The standard InChI is InChI=1S/C13H17NO6S.Na/c1-10(19-12(15)11-6-3-2-4-7-11)20-13(16)14-8-5-9-21(17)18;/h2-4,6-7,10H,5,8-9H2,1H3,(H,14,16)(H,17,18);/q;+1/p-1. The van der Waals surface area contributed by atoms with Crippen LogP contribution in [0, 0.1) is 0 Å². The fourth-order valence-corrected chi connectivity index (χ4v) is 1.77. The van der Waals surface area contributed by atoms with Gasteiger partial charge in [-0.1, -0.05) is 29.3 Å². The Morgan fingerprint density at radius 3 is 2.50 bits per heavy atom. The van der Waals surface area contributed by atoms with Crippen molar-refractivity contribution >= 4 is 23.1 Å². The van der Waals surface area contributed by atoms with Crippen LogP contribution in [-0.2, 0) is 20.6 Å². The minimum atomic E-state index is -2.13. The van der Waals surface area contributed by atoms with Crippen LogP contribution < -0.4 is 34.9 Å². The minimum Gasteiger partial charge on any atom is -0.772 e. The van der Waals surface area contributed by atoms with Gasteiger partial charge in [-0.05, 0) is 18.6 Å². The molecule has 0 bridgehead atoms. The van der Waals surface area contributed by atoms with Crippen LogP contribution in [0.15, 0.2) is 30.3 Å². The van der Waals surface area contributed by atoms with Gasteiger partial charge in [0.25, 0.3) is 0 Å². The Morgan fingerprint density at radius 2 is 1.91 bits per heavy atom. The summed E-state index contributed by atoms with van der Waals surface area (Å²) in [6.45, 7) is 1.57. The van der Waals surface area contributed by atoms with Crippen molar-refractivity contribution in [1.82, 2.24) is 5.32 Å². The van der Waals surface area contributed by atoms with E-state index in [1.807, 2.05) is 0 Å². The van der Waals surface area contributed by atoms with Crippen molar-refractivity contribution in [2.45, 2.75) is 19.6 Å². The Balaban J connectivity index is 0.00000441. The molecule has 9 heteroatoms. The second-order valence-corrected chi connectivity index (χ2v) is 5.05. The molecule has 116 valence electrons. The Kier molecular flexibility index (Phi) is 11.1. The van der Waals surface area contributed by atoms with Crippen LogP contribution in [0.3, 0.4) is 0 Å². The number of benzene rings is 1. The second kappa shape index (κ2) is 11.6. The monoisotopic (exact) mass is 337 g/mol. The first-order valence-corrected chi connectivity index (χ1v) is 7.50. The van der Waals surface area contributed by atoms with E-state index in [0.717, 1.165) is 0 Å². The molecule has 0 aromatic heterocycles. The van der Waals surface area contributed by atoms with Crippen LogP contribution in [0.25, 0.3) is 0 Å². The smallest absolute Gasteiger partial charge is 0.772 e. The van der Waals surface area contributed by atoms with Gasteiger partial charge in [-0.15, -0.1) is 0 Å². The average molecular weight is 337 g/mol. The van der Waals surface area contributed by atoms with Crippen LogP contribution in [0.1, 0.15) is 23.7 Å². The van der Waals surface area contributed by atoms with E-state index in [2.05, 4.69) is 5.32 Å². The quantitative estimate of drug-likeness (QED) is 0.207. The molecule has 1 rings (SSSR count). The van der Waals surface area contributed by atoms with Crippen molar-refractivity contribution in [3.63, 3.8) is 0 Å². The Bertz CT molecular complexity index is 499. The molecule has 0 saturated heterocycles. The molecule has 7 nitrogen and oxygen atoms in total. The number of amides is 1. The van der Waals surface area contributed by atoms with Gasteiger partial charge < -0.3 is 19.3 Å². The molecule has 22 heavy (non-hydrogen) atoms. The molecule has 2 atom stereocenters. The van der Waals surface area contributed by atoms with Crippen molar-refractivity contribution in [3.8, 4) is 0 Å². The molecule has 0 fully saturated rings. The first kappa shape index (κ1) is 21.1. The summed E-state index contributed by atoms with van der Waals surface area (Å²) in [6.07, 6.45) is -1.55. The van der Waals surface area contributed by atoms with Crippen molar-refractivity contribution in [3.05, 3.63) is 35.9 Å². The van der Waals surface area contributed by atoms with Crippen molar-refractivity contribution in [2.24, 2.45) is 0 Å². The molecule has 1 aromatic carbocycles. The van der Waals surface area contributed by atoms with E-state index < -0.39 is 29.4 Å². The summed E-state index contributed by atoms with van der Waals surface area (Å²) in [5.41, 5.74) is 0.353. The topological polar surface area (TPSA) is 105 Å². The van der Waals surface area contributed by atoms with Crippen molar-refractivity contribution in [2.75, 3.05) is 12.3 Å². The van der Waals surface area contributed by atoms with E-state index in [-0.39, 0.29) is 48.3 Å². The van der Waals surface area contributed by atoms with Crippen LogP contribution in [0.2, 0.25) is 0 Å². The molecule has 0 heterocycles. The van der Waals surface area contributed by atoms with E-state index in [9.17, 15) is 18.4 Å². The van der Waals surface area contributed by atoms with E-state index in [0.29, 0.717) is 5.56 Å². The third-order valence-corrected chi connectivity index (χ3v) is 2.93. The third-order valence-electron chi connectivity index (χ3n) is 2.31. The van der Waals surface area contributed by atoms with E-state index >= 15 is 0 Å². The Labute approximate surface area is 153 Å². The van der Waals surface area contributed by atoms with E-state index in [1.54, 1.807) is 30.3 Å². The summed E-state index contributed by atoms with van der Waals surface area (Å²) >= 11 is -2.13. The summed E-state index contributed by atoms with van der Waals surface area (Å²) < 4.78 is 30.3. The van der Waals surface area contributed by atoms with Crippen LogP contribution in [0.4, 0.5) is 4.79 Å². The van der Waals surface area contributed by atoms with E-state index in [4.69, 9.17) is 9.47 Å². The van der Waals surface area contributed by atoms with Gasteiger partial charge in [-0.25, -0.2) is 9.59 Å². The molecule has 0 saturated carbocycles. The predicted molar refractivity (Wildman–Crippen MR) is 74.2 cm³/mol.